The lowest BCUT2D eigenvalue weighted by Gasteiger charge is -2.29. The number of aliphatic hydroxyl groups excluding tert-OH is 1. The van der Waals surface area contributed by atoms with Gasteiger partial charge in [0.05, 0.1) is 6.61 Å². The van der Waals surface area contributed by atoms with Gasteiger partial charge in [0.15, 0.2) is 0 Å². The summed E-state index contributed by atoms with van der Waals surface area (Å²) in [6, 6.07) is 5.75. The third-order valence-electron chi connectivity index (χ3n) is 2.39. The number of aliphatic hydroxyl groups is 1. The number of hydrogen-bond acceptors (Lipinski definition) is 3. The zero-order valence-electron chi connectivity index (χ0n) is 7.61. The molecule has 0 radical (unpaired) electrons. The van der Waals surface area contributed by atoms with Crippen LogP contribution < -0.4 is 10.5 Å². The second kappa shape index (κ2) is 3.88. The van der Waals surface area contributed by atoms with Crippen molar-refractivity contribution >= 4 is 15.9 Å². The van der Waals surface area contributed by atoms with E-state index in [0.29, 0.717) is 6.42 Å². The van der Waals surface area contributed by atoms with E-state index in [4.69, 9.17) is 15.6 Å². The Hall–Kier alpha value is -0.580. The molecule has 3 nitrogen and oxygen atoms in total. The smallest absolute Gasteiger partial charge is 0.125 e. The third-order valence-corrected chi connectivity index (χ3v) is 2.88. The fourth-order valence-corrected chi connectivity index (χ4v) is 2.01. The molecule has 1 aliphatic heterocycles. The normalized spacial score (nSPS) is 25.4. The molecule has 0 aliphatic carbocycles. The Balaban J connectivity index is 2.35. The molecule has 0 bridgehead atoms. The van der Waals surface area contributed by atoms with Crippen molar-refractivity contribution in [3.05, 3.63) is 28.2 Å². The van der Waals surface area contributed by atoms with Gasteiger partial charge < -0.3 is 15.6 Å². The summed E-state index contributed by atoms with van der Waals surface area (Å²) < 4.78 is 6.53. The highest BCUT2D eigenvalue weighted by Crippen LogP contribution is 2.35. The average molecular weight is 258 g/mol. The van der Waals surface area contributed by atoms with Gasteiger partial charge in [-0.15, -0.1) is 0 Å². The van der Waals surface area contributed by atoms with Gasteiger partial charge in [0.25, 0.3) is 0 Å². The molecule has 0 aromatic heterocycles. The van der Waals surface area contributed by atoms with Crippen LogP contribution in [0.25, 0.3) is 0 Å². The fourth-order valence-electron chi connectivity index (χ4n) is 1.67. The maximum absolute atomic E-state index is 9.01. The van der Waals surface area contributed by atoms with E-state index >= 15 is 0 Å². The van der Waals surface area contributed by atoms with Gasteiger partial charge in [-0.3, -0.25) is 0 Å². The Morgan fingerprint density at radius 2 is 2.36 bits per heavy atom. The molecule has 0 saturated heterocycles. The van der Waals surface area contributed by atoms with Gasteiger partial charge in [-0.25, -0.2) is 0 Å². The summed E-state index contributed by atoms with van der Waals surface area (Å²) >= 11 is 3.37. The summed E-state index contributed by atoms with van der Waals surface area (Å²) in [4.78, 5) is 0. The zero-order valence-corrected chi connectivity index (χ0v) is 9.20. The van der Waals surface area contributed by atoms with Crippen LogP contribution >= 0.6 is 15.9 Å². The van der Waals surface area contributed by atoms with Crippen LogP contribution in [-0.4, -0.2) is 17.8 Å². The summed E-state index contributed by atoms with van der Waals surface area (Å²) in [5, 5.41) is 9.01. The fraction of sp³-hybridized carbons (Fsp3) is 0.400. The molecule has 0 fully saturated rings. The molecule has 0 saturated carbocycles. The lowest BCUT2D eigenvalue weighted by molar-refractivity contribution is 0.0888. The van der Waals surface area contributed by atoms with Crippen LogP contribution in [0.4, 0.5) is 0 Å². The van der Waals surface area contributed by atoms with Gasteiger partial charge in [-0.2, -0.15) is 0 Å². The van der Waals surface area contributed by atoms with Gasteiger partial charge in [0.2, 0.25) is 0 Å². The first kappa shape index (κ1) is 9.96. The van der Waals surface area contributed by atoms with E-state index in [-0.39, 0.29) is 18.8 Å². The molecule has 0 spiro atoms. The molecular weight excluding hydrogens is 246 g/mol. The SMILES string of the molecule is N[C@H]1CC(CO)Oc2cc(Br)ccc21. The van der Waals surface area contributed by atoms with Crippen molar-refractivity contribution in [3.8, 4) is 5.75 Å². The summed E-state index contributed by atoms with van der Waals surface area (Å²) in [5.74, 6) is 0.775. The largest absolute Gasteiger partial charge is 0.488 e. The highest BCUT2D eigenvalue weighted by atomic mass is 79.9. The first-order chi connectivity index (χ1) is 6.70. The predicted octanol–water partition coefficient (Wildman–Crippen LogP) is 1.59. The van der Waals surface area contributed by atoms with Gasteiger partial charge in [-0.05, 0) is 12.1 Å². The van der Waals surface area contributed by atoms with Crippen LogP contribution in [0.3, 0.4) is 0 Å². The Kier molecular flexibility index (Phi) is 2.76. The molecule has 1 aromatic carbocycles. The minimum atomic E-state index is -0.174. The lowest BCUT2D eigenvalue weighted by atomic mass is 9.98. The molecule has 14 heavy (non-hydrogen) atoms. The van der Waals surface area contributed by atoms with Crippen molar-refractivity contribution in [3.63, 3.8) is 0 Å². The van der Waals surface area contributed by atoms with Crippen molar-refractivity contribution in [1.82, 2.24) is 0 Å². The maximum Gasteiger partial charge on any atom is 0.125 e. The second-order valence-corrected chi connectivity index (χ2v) is 4.36. The maximum atomic E-state index is 9.01. The third kappa shape index (κ3) is 1.78. The molecule has 1 heterocycles. The van der Waals surface area contributed by atoms with E-state index in [2.05, 4.69) is 15.9 Å². The molecule has 76 valence electrons. The average Bonchev–Trinajstić information content (AvgIpc) is 2.16. The molecule has 1 aliphatic rings. The minimum Gasteiger partial charge on any atom is -0.488 e. The molecule has 1 aromatic rings. The monoisotopic (exact) mass is 257 g/mol. The van der Waals surface area contributed by atoms with Crippen molar-refractivity contribution in [2.45, 2.75) is 18.6 Å². The lowest BCUT2D eigenvalue weighted by Crippen LogP contribution is -2.31. The summed E-state index contributed by atoms with van der Waals surface area (Å²) in [6.07, 6.45) is 0.497. The summed E-state index contributed by atoms with van der Waals surface area (Å²) in [7, 11) is 0. The van der Waals surface area contributed by atoms with E-state index in [1.54, 1.807) is 0 Å². The van der Waals surface area contributed by atoms with Crippen molar-refractivity contribution < 1.29 is 9.84 Å². The van der Waals surface area contributed by atoms with Crippen LogP contribution in [-0.2, 0) is 0 Å². The molecule has 4 heteroatoms. The number of fused-ring (bicyclic) bond motifs is 1. The Morgan fingerprint density at radius 1 is 1.57 bits per heavy atom. The van der Waals surface area contributed by atoms with Gasteiger partial charge in [0.1, 0.15) is 11.9 Å². The minimum absolute atomic E-state index is 0.0135. The number of rotatable bonds is 1. The second-order valence-electron chi connectivity index (χ2n) is 3.45. The number of hydrogen-bond donors (Lipinski definition) is 2. The molecule has 2 atom stereocenters. The highest BCUT2D eigenvalue weighted by molar-refractivity contribution is 9.10. The Labute approximate surface area is 91.0 Å². The number of nitrogens with two attached hydrogens (primary N) is 1. The standard InChI is InChI=1S/C10H12BrNO2/c11-6-1-2-8-9(12)4-7(5-13)14-10(8)3-6/h1-3,7,9,13H,4-5,12H2/t7?,9-/m0/s1. The van der Waals surface area contributed by atoms with Crippen LogP contribution in [0.1, 0.15) is 18.0 Å². The van der Waals surface area contributed by atoms with E-state index in [0.717, 1.165) is 15.8 Å². The van der Waals surface area contributed by atoms with Crippen LogP contribution in [0, 0.1) is 0 Å². The first-order valence-corrected chi connectivity index (χ1v) is 5.32. The quantitative estimate of drug-likeness (QED) is 0.804. The molecule has 2 rings (SSSR count). The Morgan fingerprint density at radius 3 is 3.07 bits per heavy atom. The van der Waals surface area contributed by atoms with Crippen molar-refractivity contribution in [1.29, 1.82) is 0 Å². The summed E-state index contributed by atoms with van der Waals surface area (Å²) in [5.41, 5.74) is 6.97. The van der Waals surface area contributed by atoms with Gasteiger partial charge >= 0.3 is 0 Å². The number of ether oxygens (including phenoxy) is 1. The van der Waals surface area contributed by atoms with Gasteiger partial charge in [-0.1, -0.05) is 22.0 Å². The molecule has 3 N–H and O–H groups in total. The van der Waals surface area contributed by atoms with Crippen LogP contribution in [0.5, 0.6) is 5.75 Å². The van der Waals surface area contributed by atoms with E-state index < -0.39 is 0 Å². The summed E-state index contributed by atoms with van der Waals surface area (Å²) in [6.45, 7) is 0.0135. The Bertz CT molecular complexity index is 343. The number of benzene rings is 1. The topological polar surface area (TPSA) is 55.5 Å². The van der Waals surface area contributed by atoms with E-state index in [1.807, 2.05) is 18.2 Å². The van der Waals surface area contributed by atoms with Gasteiger partial charge in [0, 0.05) is 22.5 Å². The van der Waals surface area contributed by atoms with Crippen molar-refractivity contribution in [2.75, 3.05) is 6.61 Å². The molecule has 0 amide bonds. The highest BCUT2D eigenvalue weighted by Gasteiger charge is 2.25. The van der Waals surface area contributed by atoms with Crippen LogP contribution in [0.15, 0.2) is 22.7 Å². The zero-order chi connectivity index (χ0) is 10.1. The first-order valence-electron chi connectivity index (χ1n) is 4.53. The van der Waals surface area contributed by atoms with E-state index in [9.17, 15) is 0 Å². The predicted molar refractivity (Wildman–Crippen MR) is 57.2 cm³/mol. The van der Waals surface area contributed by atoms with E-state index in [1.165, 1.54) is 0 Å². The number of halogens is 1. The van der Waals surface area contributed by atoms with Crippen LogP contribution in [0.2, 0.25) is 0 Å². The molecular formula is C10H12BrNO2. The van der Waals surface area contributed by atoms with Crippen molar-refractivity contribution in [2.24, 2.45) is 5.73 Å². The molecule has 1 unspecified atom stereocenters.